The minimum absolute atomic E-state index is 0.161. The van der Waals surface area contributed by atoms with E-state index < -0.39 is 11.4 Å². The summed E-state index contributed by atoms with van der Waals surface area (Å²) in [6.45, 7) is -0.161. The van der Waals surface area contributed by atoms with Crippen LogP contribution in [-0.2, 0) is 5.60 Å². The lowest BCUT2D eigenvalue weighted by atomic mass is 9.84. The van der Waals surface area contributed by atoms with E-state index in [-0.39, 0.29) is 6.61 Å². The number of Topliss-reactive ketones (excluding diaryl/α,β-unsaturated/α-hetero) is 1. The largest absolute Gasteiger partial charge is 0.497 e. The molecule has 0 saturated carbocycles. The van der Waals surface area contributed by atoms with Crippen molar-refractivity contribution in [3.8, 4) is 17.2 Å². The fraction of sp³-hybridized carbons (Fsp3) is 0.235. The lowest BCUT2D eigenvalue weighted by Crippen LogP contribution is -2.45. The standard InChI is InChI=1S/C17H16O5/c1-20-11-7-8-13(15(9-11)21-2)17(19)10-22-14-6-4-3-5-12(14)16(17)18/h3-9,19H,10H2,1-2H3/t17-/m1/s1. The number of methoxy groups -OCH3 is 2. The Kier molecular flexibility index (Phi) is 3.50. The highest BCUT2D eigenvalue weighted by atomic mass is 16.5. The second-order valence-electron chi connectivity index (χ2n) is 5.04. The fourth-order valence-corrected chi connectivity index (χ4v) is 2.59. The maximum absolute atomic E-state index is 12.7. The number of fused-ring (bicyclic) bond motifs is 1. The molecule has 0 bridgehead atoms. The first-order valence-corrected chi connectivity index (χ1v) is 6.81. The van der Waals surface area contributed by atoms with Gasteiger partial charge in [0.25, 0.3) is 0 Å². The first kappa shape index (κ1) is 14.4. The summed E-state index contributed by atoms with van der Waals surface area (Å²) in [5.41, 5.74) is -1.07. The van der Waals surface area contributed by atoms with Gasteiger partial charge in [-0.15, -0.1) is 0 Å². The van der Waals surface area contributed by atoms with E-state index in [2.05, 4.69) is 0 Å². The highest BCUT2D eigenvalue weighted by Gasteiger charge is 2.45. The Balaban J connectivity index is 2.10. The molecule has 5 nitrogen and oxygen atoms in total. The van der Waals surface area contributed by atoms with Crippen LogP contribution >= 0.6 is 0 Å². The number of para-hydroxylation sites is 1. The number of carbonyl (C=O) groups excluding carboxylic acids is 1. The summed E-state index contributed by atoms with van der Waals surface area (Å²) in [6.07, 6.45) is 0. The molecular weight excluding hydrogens is 284 g/mol. The van der Waals surface area contributed by atoms with E-state index in [9.17, 15) is 9.90 Å². The van der Waals surface area contributed by atoms with Gasteiger partial charge in [0.05, 0.1) is 19.8 Å². The monoisotopic (exact) mass is 300 g/mol. The molecule has 2 aromatic carbocycles. The summed E-state index contributed by atoms with van der Waals surface area (Å²) in [5, 5.41) is 10.9. The third-order valence-corrected chi connectivity index (χ3v) is 3.80. The second kappa shape index (κ2) is 5.35. The molecule has 1 heterocycles. The topological polar surface area (TPSA) is 65.0 Å². The van der Waals surface area contributed by atoms with Gasteiger partial charge in [0, 0.05) is 11.6 Å². The summed E-state index contributed by atoms with van der Waals surface area (Å²) >= 11 is 0. The van der Waals surface area contributed by atoms with E-state index in [0.717, 1.165) is 0 Å². The molecule has 0 spiro atoms. The van der Waals surface area contributed by atoms with Crippen LogP contribution in [0.15, 0.2) is 42.5 Å². The summed E-state index contributed by atoms with van der Waals surface area (Å²) in [5.74, 6) is 1.02. The van der Waals surface area contributed by atoms with Crippen LogP contribution in [0.25, 0.3) is 0 Å². The van der Waals surface area contributed by atoms with Crippen molar-refractivity contribution in [3.63, 3.8) is 0 Å². The van der Waals surface area contributed by atoms with E-state index in [1.54, 1.807) is 42.5 Å². The molecule has 0 unspecified atom stereocenters. The molecule has 1 aliphatic rings. The van der Waals surface area contributed by atoms with Crippen LogP contribution in [0, 0.1) is 0 Å². The minimum Gasteiger partial charge on any atom is -0.497 e. The third-order valence-electron chi connectivity index (χ3n) is 3.80. The Labute approximate surface area is 128 Å². The summed E-state index contributed by atoms with van der Waals surface area (Å²) in [4.78, 5) is 12.7. The van der Waals surface area contributed by atoms with Crippen LogP contribution in [-0.4, -0.2) is 31.7 Å². The highest BCUT2D eigenvalue weighted by Crippen LogP contribution is 2.40. The van der Waals surface area contributed by atoms with E-state index in [0.29, 0.717) is 28.4 Å². The molecule has 0 aromatic heterocycles. The smallest absolute Gasteiger partial charge is 0.206 e. The van der Waals surface area contributed by atoms with E-state index in [1.165, 1.54) is 14.2 Å². The predicted molar refractivity (Wildman–Crippen MR) is 79.7 cm³/mol. The van der Waals surface area contributed by atoms with Gasteiger partial charge in [0.15, 0.2) is 5.60 Å². The van der Waals surface area contributed by atoms with Crippen LogP contribution in [0.1, 0.15) is 15.9 Å². The zero-order valence-electron chi connectivity index (χ0n) is 12.3. The van der Waals surface area contributed by atoms with Gasteiger partial charge in [-0.2, -0.15) is 0 Å². The van der Waals surface area contributed by atoms with Gasteiger partial charge in [-0.05, 0) is 24.3 Å². The lowest BCUT2D eigenvalue weighted by Gasteiger charge is -2.33. The molecule has 1 aliphatic heterocycles. The predicted octanol–water partition coefficient (Wildman–Crippen LogP) is 2.17. The molecule has 5 heteroatoms. The Morgan fingerprint density at radius 3 is 2.64 bits per heavy atom. The van der Waals surface area contributed by atoms with Gasteiger partial charge < -0.3 is 19.3 Å². The van der Waals surface area contributed by atoms with Gasteiger partial charge in [-0.25, -0.2) is 0 Å². The Morgan fingerprint density at radius 2 is 1.91 bits per heavy atom. The van der Waals surface area contributed by atoms with Crippen molar-refractivity contribution in [2.75, 3.05) is 20.8 Å². The highest BCUT2D eigenvalue weighted by molar-refractivity contribution is 6.06. The first-order chi connectivity index (χ1) is 10.6. The number of aliphatic hydroxyl groups is 1. The van der Waals surface area contributed by atoms with Gasteiger partial charge in [-0.1, -0.05) is 12.1 Å². The maximum Gasteiger partial charge on any atom is 0.206 e. The maximum atomic E-state index is 12.7. The molecule has 1 N–H and O–H groups in total. The van der Waals surface area contributed by atoms with Crippen LogP contribution < -0.4 is 14.2 Å². The zero-order chi connectivity index (χ0) is 15.7. The summed E-state index contributed by atoms with van der Waals surface area (Å²) in [7, 11) is 3.01. The van der Waals surface area contributed by atoms with Crippen molar-refractivity contribution < 1.29 is 24.1 Å². The number of hydrogen-bond donors (Lipinski definition) is 1. The van der Waals surface area contributed by atoms with Crippen molar-refractivity contribution in [2.24, 2.45) is 0 Å². The minimum atomic E-state index is -1.79. The average Bonchev–Trinajstić information content (AvgIpc) is 2.58. The molecule has 114 valence electrons. The molecule has 0 amide bonds. The summed E-state index contributed by atoms with van der Waals surface area (Å²) < 4.78 is 16.0. The zero-order valence-corrected chi connectivity index (χ0v) is 12.3. The SMILES string of the molecule is COc1ccc([C@]2(O)COc3ccccc3C2=O)c(OC)c1. The van der Waals surface area contributed by atoms with Crippen molar-refractivity contribution in [1.82, 2.24) is 0 Å². The number of rotatable bonds is 3. The van der Waals surface area contributed by atoms with Gasteiger partial charge in [-0.3, -0.25) is 4.79 Å². The third kappa shape index (κ3) is 2.10. The quantitative estimate of drug-likeness (QED) is 0.941. The van der Waals surface area contributed by atoms with Crippen LogP contribution in [0.5, 0.6) is 17.2 Å². The number of ether oxygens (including phenoxy) is 3. The molecule has 1 atom stereocenters. The molecule has 0 saturated heterocycles. The van der Waals surface area contributed by atoms with Gasteiger partial charge in [0.2, 0.25) is 5.78 Å². The summed E-state index contributed by atoms with van der Waals surface area (Å²) in [6, 6.07) is 11.8. The van der Waals surface area contributed by atoms with Crippen molar-refractivity contribution in [1.29, 1.82) is 0 Å². The van der Waals surface area contributed by atoms with Gasteiger partial charge in [0.1, 0.15) is 23.9 Å². The van der Waals surface area contributed by atoms with Crippen molar-refractivity contribution in [2.45, 2.75) is 5.60 Å². The van der Waals surface area contributed by atoms with Crippen LogP contribution in [0.4, 0.5) is 0 Å². The molecule has 0 aliphatic carbocycles. The van der Waals surface area contributed by atoms with E-state index >= 15 is 0 Å². The van der Waals surface area contributed by atoms with Crippen LogP contribution in [0.2, 0.25) is 0 Å². The number of ketones is 1. The van der Waals surface area contributed by atoms with Gasteiger partial charge >= 0.3 is 0 Å². The van der Waals surface area contributed by atoms with Crippen molar-refractivity contribution >= 4 is 5.78 Å². The Bertz CT molecular complexity index is 725. The second-order valence-corrected chi connectivity index (χ2v) is 5.04. The molecule has 0 radical (unpaired) electrons. The molecule has 0 fully saturated rings. The fourth-order valence-electron chi connectivity index (χ4n) is 2.59. The van der Waals surface area contributed by atoms with Crippen LogP contribution in [0.3, 0.4) is 0 Å². The average molecular weight is 300 g/mol. The van der Waals surface area contributed by atoms with Crippen molar-refractivity contribution in [3.05, 3.63) is 53.6 Å². The first-order valence-electron chi connectivity index (χ1n) is 6.81. The number of hydrogen-bond acceptors (Lipinski definition) is 5. The Hall–Kier alpha value is -2.53. The molecule has 2 aromatic rings. The lowest BCUT2D eigenvalue weighted by molar-refractivity contribution is -0.00628. The van der Waals surface area contributed by atoms with E-state index in [1.807, 2.05) is 0 Å². The molecule has 22 heavy (non-hydrogen) atoms. The molecule has 3 rings (SSSR count). The normalized spacial score (nSPS) is 20.0. The number of benzene rings is 2. The number of carbonyl (C=O) groups is 1. The Morgan fingerprint density at radius 1 is 1.14 bits per heavy atom. The molecular formula is C17H16O5. The van der Waals surface area contributed by atoms with E-state index in [4.69, 9.17) is 14.2 Å².